The average Bonchev–Trinajstić information content (AvgIpc) is 2.76. The maximum absolute atomic E-state index is 12.4. The number of anilines is 1. The SMILES string of the molecule is COc1ccc(CNC(=O)c2ccc(CN(c3ccccc3)S(C)(=O)=O)cc2)cc1. The van der Waals surface area contributed by atoms with Crippen LogP contribution in [0.3, 0.4) is 0 Å². The molecule has 0 aliphatic heterocycles. The zero-order chi connectivity index (χ0) is 21.6. The minimum Gasteiger partial charge on any atom is -0.497 e. The molecular formula is C23H24N2O4S. The Morgan fingerprint density at radius 2 is 1.50 bits per heavy atom. The van der Waals surface area contributed by atoms with Crippen LogP contribution in [-0.4, -0.2) is 27.7 Å². The fourth-order valence-electron chi connectivity index (χ4n) is 2.95. The fourth-order valence-corrected chi connectivity index (χ4v) is 3.84. The second-order valence-corrected chi connectivity index (χ2v) is 8.74. The molecule has 0 heterocycles. The van der Waals surface area contributed by atoms with Crippen molar-refractivity contribution in [2.24, 2.45) is 0 Å². The molecule has 1 N–H and O–H groups in total. The van der Waals surface area contributed by atoms with Crippen LogP contribution in [0.2, 0.25) is 0 Å². The smallest absolute Gasteiger partial charge is 0.251 e. The number of carbonyl (C=O) groups excluding carboxylic acids is 1. The van der Waals surface area contributed by atoms with Crippen LogP contribution in [0.25, 0.3) is 0 Å². The number of nitrogens with zero attached hydrogens (tertiary/aromatic N) is 1. The van der Waals surface area contributed by atoms with Crippen molar-refractivity contribution in [3.05, 3.63) is 95.6 Å². The van der Waals surface area contributed by atoms with Crippen molar-refractivity contribution in [2.75, 3.05) is 17.7 Å². The highest BCUT2D eigenvalue weighted by Crippen LogP contribution is 2.20. The van der Waals surface area contributed by atoms with Gasteiger partial charge in [-0.2, -0.15) is 0 Å². The molecule has 0 saturated heterocycles. The van der Waals surface area contributed by atoms with E-state index in [4.69, 9.17) is 4.74 Å². The summed E-state index contributed by atoms with van der Waals surface area (Å²) in [5.74, 6) is 0.569. The Kier molecular flexibility index (Phi) is 6.74. The van der Waals surface area contributed by atoms with Gasteiger partial charge in [0.05, 0.1) is 25.6 Å². The molecular weight excluding hydrogens is 400 g/mol. The van der Waals surface area contributed by atoms with Crippen molar-refractivity contribution in [1.82, 2.24) is 5.32 Å². The van der Waals surface area contributed by atoms with Crippen molar-refractivity contribution >= 4 is 21.6 Å². The molecule has 1 amide bonds. The number of hydrogen-bond acceptors (Lipinski definition) is 4. The summed E-state index contributed by atoms with van der Waals surface area (Å²) in [5.41, 5.74) is 2.86. The average molecular weight is 425 g/mol. The third kappa shape index (κ3) is 5.61. The maximum atomic E-state index is 12.4. The van der Waals surface area contributed by atoms with Crippen LogP contribution in [0.5, 0.6) is 5.75 Å². The monoisotopic (exact) mass is 424 g/mol. The van der Waals surface area contributed by atoms with E-state index in [2.05, 4.69) is 5.32 Å². The summed E-state index contributed by atoms with van der Waals surface area (Å²) < 4.78 is 30.9. The van der Waals surface area contributed by atoms with Gasteiger partial charge in [-0.1, -0.05) is 42.5 Å². The Hall–Kier alpha value is -3.32. The topological polar surface area (TPSA) is 75.7 Å². The summed E-state index contributed by atoms with van der Waals surface area (Å²) in [6.45, 7) is 0.594. The lowest BCUT2D eigenvalue weighted by Gasteiger charge is -2.22. The number of para-hydroxylation sites is 1. The van der Waals surface area contributed by atoms with Crippen molar-refractivity contribution < 1.29 is 17.9 Å². The molecule has 0 aliphatic carbocycles. The van der Waals surface area contributed by atoms with Crippen molar-refractivity contribution in [3.8, 4) is 5.75 Å². The molecule has 30 heavy (non-hydrogen) atoms. The predicted octanol–water partition coefficient (Wildman–Crippen LogP) is 3.59. The van der Waals surface area contributed by atoms with Gasteiger partial charge in [0, 0.05) is 12.1 Å². The molecule has 0 atom stereocenters. The number of rotatable bonds is 8. The molecule has 0 bridgehead atoms. The molecule has 0 spiro atoms. The van der Waals surface area contributed by atoms with Crippen LogP contribution in [0, 0.1) is 0 Å². The molecule has 0 saturated carbocycles. The van der Waals surface area contributed by atoms with Crippen LogP contribution >= 0.6 is 0 Å². The fraction of sp³-hybridized carbons (Fsp3) is 0.174. The van der Waals surface area contributed by atoms with Gasteiger partial charge in [0.15, 0.2) is 0 Å². The first kappa shape index (κ1) is 21.4. The zero-order valence-corrected chi connectivity index (χ0v) is 17.7. The van der Waals surface area contributed by atoms with Gasteiger partial charge in [0.2, 0.25) is 10.0 Å². The number of methoxy groups -OCH3 is 1. The number of hydrogen-bond donors (Lipinski definition) is 1. The first-order valence-electron chi connectivity index (χ1n) is 9.39. The van der Waals surface area contributed by atoms with Crippen LogP contribution < -0.4 is 14.4 Å². The van der Waals surface area contributed by atoms with Gasteiger partial charge < -0.3 is 10.1 Å². The summed E-state index contributed by atoms with van der Waals surface area (Å²) in [6, 6.07) is 23.3. The number of ether oxygens (including phenoxy) is 1. The highest BCUT2D eigenvalue weighted by atomic mass is 32.2. The molecule has 0 aromatic heterocycles. The van der Waals surface area contributed by atoms with Gasteiger partial charge in [0.25, 0.3) is 5.91 Å². The van der Waals surface area contributed by atoms with Crippen molar-refractivity contribution in [1.29, 1.82) is 0 Å². The molecule has 0 aliphatic rings. The Morgan fingerprint density at radius 1 is 0.900 bits per heavy atom. The zero-order valence-electron chi connectivity index (χ0n) is 16.9. The normalized spacial score (nSPS) is 11.0. The number of amides is 1. The van der Waals surface area contributed by atoms with Crippen LogP contribution in [-0.2, 0) is 23.1 Å². The van der Waals surface area contributed by atoms with E-state index >= 15 is 0 Å². The van der Waals surface area contributed by atoms with E-state index in [0.29, 0.717) is 17.8 Å². The molecule has 3 rings (SSSR count). The van der Waals surface area contributed by atoms with E-state index in [1.165, 1.54) is 10.6 Å². The third-order valence-corrected chi connectivity index (χ3v) is 5.74. The Morgan fingerprint density at radius 3 is 2.07 bits per heavy atom. The lowest BCUT2D eigenvalue weighted by molar-refractivity contribution is 0.0951. The van der Waals surface area contributed by atoms with Gasteiger partial charge in [-0.25, -0.2) is 8.42 Å². The van der Waals surface area contributed by atoms with Gasteiger partial charge in [0.1, 0.15) is 5.75 Å². The standard InChI is InChI=1S/C23H24N2O4S/c1-29-22-14-10-18(11-15-22)16-24-23(26)20-12-8-19(9-13-20)17-25(30(2,27)28)21-6-4-3-5-7-21/h3-15H,16-17H2,1-2H3,(H,24,26). The molecule has 156 valence electrons. The Balaban J connectivity index is 1.65. The number of sulfonamides is 1. The quantitative estimate of drug-likeness (QED) is 0.600. The van der Waals surface area contributed by atoms with Gasteiger partial charge >= 0.3 is 0 Å². The maximum Gasteiger partial charge on any atom is 0.251 e. The van der Waals surface area contributed by atoms with E-state index in [1.807, 2.05) is 30.3 Å². The number of nitrogens with one attached hydrogen (secondary N) is 1. The van der Waals surface area contributed by atoms with Crippen LogP contribution in [0.1, 0.15) is 21.5 Å². The van der Waals surface area contributed by atoms with E-state index in [0.717, 1.165) is 16.9 Å². The molecule has 6 nitrogen and oxygen atoms in total. The first-order valence-corrected chi connectivity index (χ1v) is 11.2. The Bertz CT molecular complexity index is 1080. The minimum absolute atomic E-state index is 0.191. The minimum atomic E-state index is -3.44. The molecule has 3 aromatic carbocycles. The molecule has 3 aromatic rings. The van der Waals surface area contributed by atoms with Crippen LogP contribution in [0.4, 0.5) is 5.69 Å². The largest absolute Gasteiger partial charge is 0.497 e. The highest BCUT2D eigenvalue weighted by molar-refractivity contribution is 7.92. The summed E-state index contributed by atoms with van der Waals surface area (Å²) >= 11 is 0. The van der Waals surface area contributed by atoms with E-state index < -0.39 is 10.0 Å². The van der Waals surface area contributed by atoms with E-state index in [-0.39, 0.29) is 12.5 Å². The lowest BCUT2D eigenvalue weighted by atomic mass is 10.1. The summed E-state index contributed by atoms with van der Waals surface area (Å²) in [7, 11) is -1.84. The number of carbonyl (C=O) groups is 1. The summed E-state index contributed by atoms with van der Waals surface area (Å²) in [4.78, 5) is 12.4. The second-order valence-electron chi connectivity index (χ2n) is 6.83. The summed E-state index contributed by atoms with van der Waals surface area (Å²) in [6.07, 6.45) is 1.18. The molecule has 0 radical (unpaired) electrons. The summed E-state index contributed by atoms with van der Waals surface area (Å²) in [5, 5.41) is 2.88. The van der Waals surface area contributed by atoms with E-state index in [9.17, 15) is 13.2 Å². The van der Waals surface area contributed by atoms with Gasteiger partial charge in [-0.05, 0) is 47.5 Å². The number of benzene rings is 3. The van der Waals surface area contributed by atoms with Gasteiger partial charge in [-0.3, -0.25) is 9.10 Å². The molecule has 7 heteroatoms. The third-order valence-electron chi connectivity index (χ3n) is 4.60. The second kappa shape index (κ2) is 9.45. The van der Waals surface area contributed by atoms with Crippen LogP contribution in [0.15, 0.2) is 78.9 Å². The molecule has 0 unspecified atom stereocenters. The predicted molar refractivity (Wildman–Crippen MR) is 118 cm³/mol. The van der Waals surface area contributed by atoms with Gasteiger partial charge in [-0.15, -0.1) is 0 Å². The Labute approximate surface area is 177 Å². The van der Waals surface area contributed by atoms with E-state index in [1.54, 1.807) is 55.6 Å². The highest BCUT2D eigenvalue weighted by Gasteiger charge is 2.17. The molecule has 0 fully saturated rings. The van der Waals surface area contributed by atoms with Crippen molar-refractivity contribution in [3.63, 3.8) is 0 Å². The lowest BCUT2D eigenvalue weighted by Crippen LogP contribution is -2.29. The van der Waals surface area contributed by atoms with Crippen molar-refractivity contribution in [2.45, 2.75) is 13.1 Å². The first-order chi connectivity index (χ1) is 14.4.